The van der Waals surface area contributed by atoms with Gasteiger partial charge in [0.1, 0.15) is 11.6 Å². The van der Waals surface area contributed by atoms with Crippen molar-refractivity contribution in [3.8, 4) is 5.88 Å². The molecule has 0 amide bonds. The van der Waals surface area contributed by atoms with Gasteiger partial charge in [-0.1, -0.05) is 12.1 Å². The van der Waals surface area contributed by atoms with Gasteiger partial charge in [-0.15, -0.1) is 0 Å². The fourth-order valence-electron chi connectivity index (χ4n) is 1.74. The molecule has 2 heterocycles. The normalized spacial score (nSPS) is 10.2. The number of pyridine rings is 2. The Kier molecular flexibility index (Phi) is 4.07. The summed E-state index contributed by atoms with van der Waals surface area (Å²) in [5.74, 6) is 1.02. The van der Waals surface area contributed by atoms with Crippen LogP contribution in [0.4, 0.5) is 5.82 Å². The van der Waals surface area contributed by atoms with Gasteiger partial charge in [0.15, 0.2) is 0 Å². The molecule has 0 atom stereocenters. The first-order valence-corrected chi connectivity index (χ1v) is 5.89. The topological polar surface area (TPSA) is 78.1 Å². The van der Waals surface area contributed by atoms with E-state index in [0.29, 0.717) is 18.1 Å². The summed E-state index contributed by atoms with van der Waals surface area (Å²) in [6.45, 7) is 0. The average molecular weight is 257 g/mol. The summed E-state index contributed by atoms with van der Waals surface area (Å²) < 4.78 is 4.96. The monoisotopic (exact) mass is 257 g/mol. The van der Waals surface area contributed by atoms with Crippen molar-refractivity contribution >= 4 is 11.6 Å². The van der Waals surface area contributed by atoms with Crippen LogP contribution in [-0.4, -0.2) is 22.9 Å². The lowest BCUT2D eigenvalue weighted by Crippen LogP contribution is -2.09. The van der Waals surface area contributed by atoms with Crippen molar-refractivity contribution in [1.29, 1.82) is 0 Å². The first kappa shape index (κ1) is 13.0. The third-order valence-electron chi connectivity index (χ3n) is 2.72. The second-order valence-electron chi connectivity index (χ2n) is 4.15. The number of aromatic nitrogens is 2. The van der Waals surface area contributed by atoms with Gasteiger partial charge in [-0.2, -0.15) is 0 Å². The SMILES string of the molecule is COc1ccc(CC(=O)Cc2cccnc2N)cn1. The van der Waals surface area contributed by atoms with E-state index < -0.39 is 0 Å². The molecule has 0 fully saturated rings. The Balaban J connectivity index is 1.99. The summed E-state index contributed by atoms with van der Waals surface area (Å²) in [5.41, 5.74) is 7.32. The number of ketones is 1. The average Bonchev–Trinajstić information content (AvgIpc) is 2.42. The molecule has 0 aliphatic rings. The molecule has 2 aromatic rings. The summed E-state index contributed by atoms with van der Waals surface area (Å²) in [5, 5.41) is 0. The number of Topliss-reactive ketones (excluding diaryl/α,β-unsaturated/α-hetero) is 1. The lowest BCUT2D eigenvalue weighted by atomic mass is 10.0. The van der Waals surface area contributed by atoms with E-state index in [-0.39, 0.29) is 12.2 Å². The fraction of sp³-hybridized carbons (Fsp3) is 0.214. The second kappa shape index (κ2) is 5.95. The molecule has 0 radical (unpaired) electrons. The van der Waals surface area contributed by atoms with Crippen LogP contribution in [0.3, 0.4) is 0 Å². The van der Waals surface area contributed by atoms with E-state index in [1.165, 1.54) is 0 Å². The van der Waals surface area contributed by atoms with Crippen molar-refractivity contribution in [1.82, 2.24) is 9.97 Å². The molecule has 2 rings (SSSR count). The van der Waals surface area contributed by atoms with Gasteiger partial charge < -0.3 is 10.5 Å². The van der Waals surface area contributed by atoms with Crippen LogP contribution in [0.2, 0.25) is 0 Å². The van der Waals surface area contributed by atoms with Crippen molar-refractivity contribution in [2.24, 2.45) is 0 Å². The predicted molar refractivity (Wildman–Crippen MR) is 71.9 cm³/mol. The van der Waals surface area contributed by atoms with E-state index in [1.54, 1.807) is 31.6 Å². The Labute approximate surface area is 111 Å². The van der Waals surface area contributed by atoms with Gasteiger partial charge in [0.05, 0.1) is 7.11 Å². The first-order chi connectivity index (χ1) is 9.19. The summed E-state index contributed by atoms with van der Waals surface area (Å²) in [7, 11) is 1.55. The van der Waals surface area contributed by atoms with Crippen LogP contribution in [0.25, 0.3) is 0 Å². The third-order valence-corrected chi connectivity index (χ3v) is 2.72. The van der Waals surface area contributed by atoms with E-state index in [9.17, 15) is 4.79 Å². The molecule has 5 nitrogen and oxygen atoms in total. The summed E-state index contributed by atoms with van der Waals surface area (Å²) in [4.78, 5) is 20.0. The molecule has 0 spiro atoms. The molecule has 0 aromatic carbocycles. The largest absolute Gasteiger partial charge is 0.481 e. The Morgan fingerprint density at radius 1 is 1.26 bits per heavy atom. The third kappa shape index (κ3) is 3.51. The van der Waals surface area contributed by atoms with E-state index in [1.807, 2.05) is 12.1 Å². The molecule has 0 saturated heterocycles. The molecular weight excluding hydrogens is 242 g/mol. The van der Waals surface area contributed by atoms with Crippen LogP contribution in [0.1, 0.15) is 11.1 Å². The van der Waals surface area contributed by atoms with E-state index in [4.69, 9.17) is 10.5 Å². The van der Waals surface area contributed by atoms with Crippen LogP contribution in [-0.2, 0) is 17.6 Å². The number of carbonyl (C=O) groups is 1. The summed E-state index contributed by atoms with van der Waals surface area (Å²) in [6.07, 6.45) is 3.86. The minimum Gasteiger partial charge on any atom is -0.481 e. The standard InChI is InChI=1S/C14H15N3O2/c1-19-13-5-4-10(9-17-13)7-12(18)8-11-3-2-6-16-14(11)15/h2-6,9H,7-8H2,1H3,(H2,15,16). The number of ether oxygens (including phenoxy) is 1. The van der Waals surface area contributed by atoms with Crippen LogP contribution in [0, 0.1) is 0 Å². The number of carbonyl (C=O) groups excluding carboxylic acids is 1. The maximum atomic E-state index is 11.9. The van der Waals surface area contributed by atoms with Crippen molar-refractivity contribution in [3.63, 3.8) is 0 Å². The van der Waals surface area contributed by atoms with Gasteiger partial charge in [-0.25, -0.2) is 9.97 Å². The van der Waals surface area contributed by atoms with Gasteiger partial charge in [0.2, 0.25) is 5.88 Å². The van der Waals surface area contributed by atoms with Crippen LogP contribution in [0.15, 0.2) is 36.7 Å². The van der Waals surface area contributed by atoms with Crippen molar-refractivity contribution in [2.45, 2.75) is 12.8 Å². The number of hydrogen-bond acceptors (Lipinski definition) is 5. The molecule has 98 valence electrons. The highest BCUT2D eigenvalue weighted by Gasteiger charge is 2.08. The highest BCUT2D eigenvalue weighted by atomic mass is 16.5. The molecule has 19 heavy (non-hydrogen) atoms. The molecule has 0 unspecified atom stereocenters. The zero-order valence-corrected chi connectivity index (χ0v) is 10.7. The predicted octanol–water partition coefficient (Wildman–Crippen LogP) is 1.42. The molecule has 0 bridgehead atoms. The van der Waals surface area contributed by atoms with E-state index in [2.05, 4.69) is 9.97 Å². The summed E-state index contributed by atoms with van der Waals surface area (Å²) in [6, 6.07) is 7.15. The molecule has 5 heteroatoms. The Hall–Kier alpha value is -2.43. The van der Waals surface area contributed by atoms with Crippen molar-refractivity contribution in [3.05, 3.63) is 47.8 Å². The number of hydrogen-bond donors (Lipinski definition) is 1. The lowest BCUT2D eigenvalue weighted by molar-refractivity contribution is -0.117. The Bertz CT molecular complexity index is 567. The second-order valence-corrected chi connectivity index (χ2v) is 4.15. The first-order valence-electron chi connectivity index (χ1n) is 5.89. The molecular formula is C14H15N3O2. The molecule has 0 aliphatic carbocycles. The zero-order chi connectivity index (χ0) is 13.7. The maximum Gasteiger partial charge on any atom is 0.212 e. The van der Waals surface area contributed by atoms with E-state index in [0.717, 1.165) is 11.1 Å². The number of nitrogen functional groups attached to an aromatic ring is 1. The molecule has 2 N–H and O–H groups in total. The van der Waals surface area contributed by atoms with Crippen molar-refractivity contribution in [2.75, 3.05) is 12.8 Å². The van der Waals surface area contributed by atoms with E-state index >= 15 is 0 Å². The highest BCUT2D eigenvalue weighted by molar-refractivity contribution is 5.84. The minimum absolute atomic E-state index is 0.0756. The quantitative estimate of drug-likeness (QED) is 0.876. The molecule has 0 saturated carbocycles. The fourth-order valence-corrected chi connectivity index (χ4v) is 1.74. The smallest absolute Gasteiger partial charge is 0.212 e. The number of nitrogens with two attached hydrogens (primary N) is 1. The van der Waals surface area contributed by atoms with Gasteiger partial charge in [-0.3, -0.25) is 4.79 Å². The zero-order valence-electron chi connectivity index (χ0n) is 10.7. The van der Waals surface area contributed by atoms with Gasteiger partial charge in [0.25, 0.3) is 0 Å². The molecule has 0 aliphatic heterocycles. The maximum absolute atomic E-state index is 11.9. The van der Waals surface area contributed by atoms with Gasteiger partial charge in [-0.05, 0) is 11.6 Å². The highest BCUT2D eigenvalue weighted by Crippen LogP contribution is 2.11. The van der Waals surface area contributed by atoms with Crippen LogP contribution < -0.4 is 10.5 Å². The Morgan fingerprint density at radius 3 is 2.74 bits per heavy atom. The number of methoxy groups -OCH3 is 1. The summed E-state index contributed by atoms with van der Waals surface area (Å²) >= 11 is 0. The van der Waals surface area contributed by atoms with Gasteiger partial charge >= 0.3 is 0 Å². The number of anilines is 1. The van der Waals surface area contributed by atoms with Crippen molar-refractivity contribution < 1.29 is 9.53 Å². The number of nitrogens with zero attached hydrogens (tertiary/aromatic N) is 2. The lowest BCUT2D eigenvalue weighted by Gasteiger charge is -2.04. The van der Waals surface area contributed by atoms with Gasteiger partial charge in [0, 0.05) is 36.9 Å². The van der Waals surface area contributed by atoms with Crippen LogP contribution >= 0.6 is 0 Å². The molecule has 2 aromatic heterocycles. The van der Waals surface area contributed by atoms with Crippen LogP contribution in [0.5, 0.6) is 5.88 Å². The Morgan fingerprint density at radius 2 is 2.11 bits per heavy atom. The minimum atomic E-state index is 0.0756. The number of rotatable bonds is 5.